The van der Waals surface area contributed by atoms with E-state index in [1.807, 2.05) is 38.1 Å². The van der Waals surface area contributed by atoms with Crippen molar-refractivity contribution in [1.29, 1.82) is 0 Å². The zero-order chi connectivity index (χ0) is 17.1. The molecular weight excluding hydrogens is 304 g/mol. The molecule has 2 heterocycles. The minimum absolute atomic E-state index is 0.200. The smallest absolute Gasteiger partial charge is 0.340 e. The van der Waals surface area contributed by atoms with Crippen LogP contribution in [0, 0.1) is 6.92 Å². The van der Waals surface area contributed by atoms with Crippen molar-refractivity contribution in [3.05, 3.63) is 41.1 Å². The summed E-state index contributed by atoms with van der Waals surface area (Å²) in [6.45, 7) is 9.26. The molecule has 1 atom stereocenters. The van der Waals surface area contributed by atoms with Crippen LogP contribution in [0.4, 0.5) is 0 Å². The Hall–Kier alpha value is -1.98. The average molecular weight is 328 g/mol. The highest BCUT2D eigenvalue weighted by Crippen LogP contribution is 2.25. The Bertz CT molecular complexity index is 745. The van der Waals surface area contributed by atoms with Gasteiger partial charge in [0.1, 0.15) is 0 Å². The molecule has 5 nitrogen and oxygen atoms in total. The second kappa shape index (κ2) is 7.28. The van der Waals surface area contributed by atoms with Gasteiger partial charge in [-0.3, -0.25) is 9.88 Å². The molecule has 1 aromatic carbocycles. The lowest BCUT2D eigenvalue weighted by Crippen LogP contribution is -2.41. The number of aromatic nitrogens is 1. The quantitative estimate of drug-likeness (QED) is 0.808. The van der Waals surface area contributed by atoms with Gasteiger partial charge in [-0.1, -0.05) is 18.2 Å². The van der Waals surface area contributed by atoms with Gasteiger partial charge in [0.25, 0.3) is 0 Å². The van der Waals surface area contributed by atoms with Crippen LogP contribution in [0.15, 0.2) is 24.3 Å². The van der Waals surface area contributed by atoms with E-state index in [1.165, 1.54) is 0 Å². The van der Waals surface area contributed by atoms with E-state index < -0.39 is 0 Å². The summed E-state index contributed by atoms with van der Waals surface area (Å²) >= 11 is 0. The molecule has 0 aliphatic carbocycles. The van der Waals surface area contributed by atoms with E-state index in [9.17, 15) is 4.79 Å². The Morgan fingerprint density at radius 1 is 1.42 bits per heavy atom. The lowest BCUT2D eigenvalue weighted by Gasteiger charge is -2.31. The Kier molecular flexibility index (Phi) is 5.11. The number of carbonyl (C=O) groups excluding carboxylic acids is 1. The highest BCUT2D eigenvalue weighted by Gasteiger charge is 2.23. The summed E-state index contributed by atoms with van der Waals surface area (Å²) in [6.07, 6.45) is 0.200. The molecule has 0 radical (unpaired) electrons. The lowest BCUT2D eigenvalue weighted by molar-refractivity contribution is -0.0216. The molecule has 128 valence electrons. The Morgan fingerprint density at radius 3 is 2.96 bits per heavy atom. The van der Waals surface area contributed by atoms with Gasteiger partial charge in [0.2, 0.25) is 0 Å². The number of benzene rings is 1. The van der Waals surface area contributed by atoms with Crippen LogP contribution in [0.5, 0.6) is 0 Å². The topological polar surface area (TPSA) is 51.7 Å². The Labute approximate surface area is 142 Å². The molecule has 5 heteroatoms. The average Bonchev–Trinajstić information content (AvgIpc) is 2.55. The van der Waals surface area contributed by atoms with Gasteiger partial charge in [-0.2, -0.15) is 0 Å². The third kappa shape index (κ3) is 3.42. The predicted octanol–water partition coefficient (Wildman–Crippen LogP) is 2.94. The summed E-state index contributed by atoms with van der Waals surface area (Å²) in [5.41, 5.74) is 3.25. The van der Waals surface area contributed by atoms with E-state index in [2.05, 4.69) is 11.8 Å². The lowest BCUT2D eigenvalue weighted by atomic mass is 10.0. The van der Waals surface area contributed by atoms with Crippen LogP contribution in [0.3, 0.4) is 0 Å². The highest BCUT2D eigenvalue weighted by atomic mass is 16.5. The van der Waals surface area contributed by atoms with Gasteiger partial charge in [0, 0.05) is 25.0 Å². The van der Waals surface area contributed by atoms with Crippen LogP contribution in [0.2, 0.25) is 0 Å². The fourth-order valence-corrected chi connectivity index (χ4v) is 3.28. The fraction of sp³-hybridized carbons (Fsp3) is 0.474. The van der Waals surface area contributed by atoms with Crippen molar-refractivity contribution >= 4 is 16.9 Å². The van der Waals surface area contributed by atoms with Crippen LogP contribution >= 0.6 is 0 Å². The van der Waals surface area contributed by atoms with Crippen molar-refractivity contribution in [2.45, 2.75) is 33.4 Å². The van der Waals surface area contributed by atoms with Gasteiger partial charge >= 0.3 is 5.97 Å². The number of carbonyl (C=O) groups is 1. The summed E-state index contributed by atoms with van der Waals surface area (Å²) < 4.78 is 10.9. The fourth-order valence-electron chi connectivity index (χ4n) is 3.28. The van der Waals surface area contributed by atoms with Gasteiger partial charge in [-0.05, 0) is 32.4 Å². The monoisotopic (exact) mass is 328 g/mol. The first kappa shape index (κ1) is 16.9. The van der Waals surface area contributed by atoms with Gasteiger partial charge < -0.3 is 9.47 Å². The molecule has 1 saturated heterocycles. The van der Waals surface area contributed by atoms with E-state index in [4.69, 9.17) is 14.5 Å². The summed E-state index contributed by atoms with van der Waals surface area (Å²) in [4.78, 5) is 19.6. The van der Waals surface area contributed by atoms with Gasteiger partial charge in [-0.25, -0.2) is 4.79 Å². The normalized spacial score (nSPS) is 18.7. The van der Waals surface area contributed by atoms with E-state index in [0.29, 0.717) is 25.3 Å². The number of rotatable bonds is 4. The van der Waals surface area contributed by atoms with E-state index >= 15 is 0 Å². The minimum atomic E-state index is -0.287. The van der Waals surface area contributed by atoms with Crippen LogP contribution in [0.1, 0.15) is 35.5 Å². The Morgan fingerprint density at radius 2 is 2.21 bits per heavy atom. The second-order valence-electron chi connectivity index (χ2n) is 6.21. The van der Waals surface area contributed by atoms with Gasteiger partial charge in [0.05, 0.1) is 36.1 Å². The van der Waals surface area contributed by atoms with Crippen molar-refractivity contribution in [2.75, 3.05) is 26.3 Å². The number of nitrogens with zero attached hydrogens (tertiary/aromatic N) is 2. The molecule has 0 saturated carbocycles. The van der Waals surface area contributed by atoms with E-state index in [1.54, 1.807) is 0 Å². The highest BCUT2D eigenvalue weighted by molar-refractivity contribution is 5.98. The molecule has 3 rings (SSSR count). The minimum Gasteiger partial charge on any atom is -0.462 e. The van der Waals surface area contributed by atoms with E-state index in [-0.39, 0.29) is 12.1 Å². The molecule has 0 unspecified atom stereocenters. The summed E-state index contributed by atoms with van der Waals surface area (Å²) in [5.74, 6) is -0.287. The molecule has 0 amide bonds. The first-order chi connectivity index (χ1) is 11.6. The van der Waals surface area contributed by atoms with Crippen molar-refractivity contribution in [3.63, 3.8) is 0 Å². The molecule has 0 N–H and O–H groups in total. The number of hydrogen-bond acceptors (Lipinski definition) is 5. The van der Waals surface area contributed by atoms with Crippen molar-refractivity contribution < 1.29 is 14.3 Å². The maximum absolute atomic E-state index is 12.5. The zero-order valence-corrected chi connectivity index (χ0v) is 14.5. The van der Waals surface area contributed by atoms with Crippen LogP contribution < -0.4 is 0 Å². The number of ether oxygens (including phenoxy) is 2. The number of para-hydroxylation sites is 1. The third-order valence-corrected chi connectivity index (χ3v) is 4.41. The second-order valence-corrected chi connectivity index (χ2v) is 6.21. The van der Waals surface area contributed by atoms with E-state index in [0.717, 1.165) is 35.2 Å². The number of hydrogen-bond donors (Lipinski definition) is 0. The molecule has 0 spiro atoms. The third-order valence-electron chi connectivity index (χ3n) is 4.41. The van der Waals surface area contributed by atoms with Gasteiger partial charge in [0.15, 0.2) is 0 Å². The number of morpholine rings is 1. The maximum Gasteiger partial charge on any atom is 0.340 e. The first-order valence-corrected chi connectivity index (χ1v) is 8.49. The number of esters is 1. The number of aryl methyl sites for hydroxylation is 1. The van der Waals surface area contributed by atoms with Crippen molar-refractivity contribution in [3.8, 4) is 0 Å². The van der Waals surface area contributed by atoms with Crippen molar-refractivity contribution in [2.24, 2.45) is 0 Å². The molecule has 1 aliphatic rings. The van der Waals surface area contributed by atoms with Gasteiger partial charge in [-0.15, -0.1) is 0 Å². The Balaban J connectivity index is 2.03. The number of fused-ring (bicyclic) bond motifs is 1. The standard InChI is InChI=1S/C19H24N2O3/c1-4-23-19(22)18-14(3)15-7-5-6-8-16(15)20-17(18)12-21-9-10-24-13(2)11-21/h5-8,13H,4,9-12H2,1-3H3/t13-/m0/s1. The molecule has 2 aromatic rings. The van der Waals surface area contributed by atoms with Crippen LogP contribution in [-0.2, 0) is 16.0 Å². The molecular formula is C19H24N2O3. The first-order valence-electron chi connectivity index (χ1n) is 8.49. The van der Waals surface area contributed by atoms with Crippen LogP contribution in [0.25, 0.3) is 10.9 Å². The maximum atomic E-state index is 12.5. The molecule has 1 aliphatic heterocycles. The zero-order valence-electron chi connectivity index (χ0n) is 14.5. The molecule has 1 aromatic heterocycles. The predicted molar refractivity (Wildman–Crippen MR) is 93.1 cm³/mol. The number of pyridine rings is 1. The summed E-state index contributed by atoms with van der Waals surface area (Å²) in [5, 5.41) is 1.000. The summed E-state index contributed by atoms with van der Waals surface area (Å²) in [7, 11) is 0. The van der Waals surface area contributed by atoms with Crippen molar-refractivity contribution in [1.82, 2.24) is 9.88 Å². The SMILES string of the molecule is CCOC(=O)c1c(CN2CCO[C@@H](C)C2)nc2ccccc2c1C. The molecule has 0 bridgehead atoms. The molecule has 1 fully saturated rings. The molecule has 24 heavy (non-hydrogen) atoms. The largest absolute Gasteiger partial charge is 0.462 e. The summed E-state index contributed by atoms with van der Waals surface area (Å²) in [6, 6.07) is 7.93. The van der Waals surface area contributed by atoms with Crippen LogP contribution in [-0.4, -0.2) is 48.3 Å².